The standard InChI is InChI=1S/C38H54N4S4/c1-3-5-7-9-11-13-15-17-19-21-23-29-25-31(43-27-29)33-35-38(46-41-39-35)34(36-37(33)45-42-40-36)32-26-30(28-44-32)24-22-20-18-16-14-12-10-8-6-4-2/h25-28H,3-24H2,1-2H3. The van der Waals surface area contributed by atoms with Crippen molar-refractivity contribution in [3.8, 4) is 20.9 Å². The number of benzene rings is 1. The van der Waals surface area contributed by atoms with E-state index in [4.69, 9.17) is 10.2 Å². The fourth-order valence-corrected chi connectivity index (χ4v) is 10.2. The number of rotatable bonds is 24. The zero-order valence-electron chi connectivity index (χ0n) is 28.3. The van der Waals surface area contributed by atoms with E-state index in [9.17, 15) is 0 Å². The first kappa shape index (κ1) is 35.6. The van der Waals surface area contributed by atoms with Crippen molar-refractivity contribution in [2.45, 2.75) is 155 Å². The maximum Gasteiger partial charge on any atom is 0.116 e. The van der Waals surface area contributed by atoms with E-state index in [0.717, 1.165) is 33.3 Å². The topological polar surface area (TPSA) is 51.6 Å². The average Bonchev–Trinajstić information content (AvgIpc) is 3.90. The Bertz CT molecular complexity index is 1400. The van der Waals surface area contributed by atoms with Crippen molar-refractivity contribution in [2.75, 3.05) is 0 Å². The molecule has 0 atom stereocenters. The van der Waals surface area contributed by atoms with Gasteiger partial charge in [0.1, 0.15) is 11.0 Å². The number of hydrogen-bond acceptors (Lipinski definition) is 8. The van der Waals surface area contributed by atoms with Crippen LogP contribution in [0.1, 0.15) is 153 Å². The number of unbranched alkanes of at least 4 members (excludes halogenated alkanes) is 18. The minimum absolute atomic E-state index is 1.01. The summed E-state index contributed by atoms with van der Waals surface area (Å²) >= 11 is 6.68. The lowest BCUT2D eigenvalue weighted by Gasteiger charge is -2.06. The first-order valence-corrected chi connectivity index (χ1v) is 21.7. The molecule has 0 unspecified atom stereocenters. The molecular formula is C38H54N4S4. The van der Waals surface area contributed by atoms with Crippen LogP contribution in [0.15, 0.2) is 22.9 Å². The molecule has 5 aromatic rings. The average molecular weight is 695 g/mol. The quantitative estimate of drug-likeness (QED) is 0.0603. The lowest BCUT2D eigenvalue weighted by atomic mass is 10.0. The summed E-state index contributed by atoms with van der Waals surface area (Å²) < 4.78 is 11.2. The molecule has 0 bridgehead atoms. The summed E-state index contributed by atoms with van der Waals surface area (Å²) in [6.07, 6.45) is 29.9. The SMILES string of the molecule is CCCCCCCCCCCCc1csc(-c2c3nnsc3c(-c3cc(CCCCCCCCCCCC)cs3)c3nnsc23)c1. The number of aryl methyl sites for hydroxylation is 2. The van der Waals surface area contributed by atoms with E-state index in [2.05, 4.69) is 45.7 Å². The fourth-order valence-electron chi connectivity index (χ4n) is 6.62. The summed E-state index contributed by atoms with van der Waals surface area (Å²) in [5, 5.41) is 14.1. The molecule has 4 aromatic heterocycles. The summed E-state index contributed by atoms with van der Waals surface area (Å²) in [4.78, 5) is 2.55. The zero-order valence-corrected chi connectivity index (χ0v) is 31.6. The molecular weight excluding hydrogens is 641 g/mol. The summed E-state index contributed by atoms with van der Waals surface area (Å²) in [7, 11) is 0. The van der Waals surface area contributed by atoms with Crippen molar-refractivity contribution in [3.05, 3.63) is 34.0 Å². The van der Waals surface area contributed by atoms with Crippen LogP contribution in [0.2, 0.25) is 0 Å². The van der Waals surface area contributed by atoms with Crippen molar-refractivity contribution in [2.24, 2.45) is 0 Å². The molecule has 0 saturated heterocycles. The highest BCUT2D eigenvalue weighted by Gasteiger charge is 2.24. The lowest BCUT2D eigenvalue weighted by molar-refractivity contribution is 0.556. The smallest absolute Gasteiger partial charge is 0.116 e. The van der Waals surface area contributed by atoms with Crippen LogP contribution in [0.4, 0.5) is 0 Å². The summed E-state index contributed by atoms with van der Waals surface area (Å²) in [6, 6.07) is 4.78. The second-order valence-electron chi connectivity index (χ2n) is 13.2. The molecule has 0 saturated carbocycles. The lowest BCUT2D eigenvalue weighted by Crippen LogP contribution is -1.87. The molecule has 46 heavy (non-hydrogen) atoms. The Labute approximate surface area is 293 Å². The fraction of sp³-hybridized carbons (Fsp3) is 0.632. The molecule has 8 heteroatoms. The first-order chi connectivity index (χ1) is 22.8. The Morgan fingerprint density at radius 2 is 0.804 bits per heavy atom. The van der Waals surface area contributed by atoms with Gasteiger partial charge in [-0.05, 0) is 82.8 Å². The monoisotopic (exact) mass is 694 g/mol. The number of aromatic nitrogens is 4. The molecule has 0 N–H and O–H groups in total. The molecule has 250 valence electrons. The maximum absolute atomic E-state index is 4.69. The zero-order chi connectivity index (χ0) is 31.8. The summed E-state index contributed by atoms with van der Waals surface area (Å²) in [6.45, 7) is 4.58. The van der Waals surface area contributed by atoms with Crippen molar-refractivity contribution < 1.29 is 0 Å². The minimum atomic E-state index is 1.01. The van der Waals surface area contributed by atoms with Crippen LogP contribution in [-0.4, -0.2) is 19.2 Å². The predicted molar refractivity (Wildman–Crippen MR) is 206 cm³/mol. The third-order valence-electron chi connectivity index (χ3n) is 9.34. The van der Waals surface area contributed by atoms with Gasteiger partial charge in [-0.2, -0.15) is 0 Å². The minimum Gasteiger partial charge on any atom is -0.143 e. The van der Waals surface area contributed by atoms with Crippen molar-refractivity contribution in [1.29, 1.82) is 0 Å². The highest BCUT2D eigenvalue weighted by molar-refractivity contribution is 7.19. The summed E-state index contributed by atoms with van der Waals surface area (Å²) in [5.41, 5.74) is 7.27. The van der Waals surface area contributed by atoms with Gasteiger partial charge in [0.25, 0.3) is 0 Å². The molecule has 5 rings (SSSR count). The molecule has 1 aromatic carbocycles. The van der Waals surface area contributed by atoms with Gasteiger partial charge < -0.3 is 0 Å². The number of thiophene rings is 2. The first-order valence-electron chi connectivity index (χ1n) is 18.4. The van der Waals surface area contributed by atoms with E-state index >= 15 is 0 Å². The van der Waals surface area contributed by atoms with E-state index in [-0.39, 0.29) is 0 Å². The van der Waals surface area contributed by atoms with Crippen molar-refractivity contribution in [1.82, 2.24) is 19.2 Å². The normalized spacial score (nSPS) is 11.9. The second kappa shape index (κ2) is 19.9. The van der Waals surface area contributed by atoms with Crippen LogP contribution >= 0.6 is 45.7 Å². The van der Waals surface area contributed by atoms with E-state index in [0.29, 0.717) is 0 Å². The van der Waals surface area contributed by atoms with Gasteiger partial charge in [-0.3, -0.25) is 0 Å². The van der Waals surface area contributed by atoms with Gasteiger partial charge in [0.2, 0.25) is 0 Å². The van der Waals surface area contributed by atoms with Gasteiger partial charge in [0.15, 0.2) is 0 Å². The van der Waals surface area contributed by atoms with E-state index < -0.39 is 0 Å². The molecule has 0 radical (unpaired) electrons. The Kier molecular flexibility index (Phi) is 15.4. The van der Waals surface area contributed by atoms with Crippen LogP contribution < -0.4 is 0 Å². The van der Waals surface area contributed by atoms with Gasteiger partial charge in [0, 0.05) is 20.9 Å². The Morgan fingerprint density at radius 3 is 1.17 bits per heavy atom. The summed E-state index contributed by atoms with van der Waals surface area (Å²) in [5.74, 6) is 0. The van der Waals surface area contributed by atoms with Gasteiger partial charge in [-0.15, -0.1) is 32.9 Å². The van der Waals surface area contributed by atoms with Crippen LogP contribution in [0, 0.1) is 0 Å². The maximum atomic E-state index is 4.69. The van der Waals surface area contributed by atoms with E-state index in [1.807, 2.05) is 22.7 Å². The number of fused-ring (bicyclic) bond motifs is 2. The van der Waals surface area contributed by atoms with Gasteiger partial charge in [0.05, 0.1) is 9.40 Å². The number of hydrogen-bond donors (Lipinski definition) is 0. The largest absolute Gasteiger partial charge is 0.143 e. The van der Waals surface area contributed by atoms with Crippen molar-refractivity contribution >= 4 is 66.2 Å². The van der Waals surface area contributed by atoms with Crippen molar-refractivity contribution in [3.63, 3.8) is 0 Å². The van der Waals surface area contributed by atoms with E-state index in [1.54, 1.807) is 0 Å². The number of nitrogens with zero attached hydrogens (tertiary/aromatic N) is 4. The van der Waals surface area contributed by atoms with Crippen LogP contribution in [0.5, 0.6) is 0 Å². The Balaban J connectivity index is 1.16. The van der Waals surface area contributed by atoms with Gasteiger partial charge >= 0.3 is 0 Å². The molecule has 0 aliphatic rings. The highest BCUT2D eigenvalue weighted by atomic mass is 32.1. The van der Waals surface area contributed by atoms with Crippen LogP contribution in [0.25, 0.3) is 41.3 Å². The molecule has 0 fully saturated rings. The molecule has 4 heterocycles. The molecule has 4 nitrogen and oxygen atoms in total. The highest BCUT2D eigenvalue weighted by Crippen LogP contribution is 2.47. The third kappa shape index (κ3) is 10.1. The van der Waals surface area contributed by atoms with Crippen LogP contribution in [-0.2, 0) is 12.8 Å². The molecule has 0 aliphatic carbocycles. The van der Waals surface area contributed by atoms with Gasteiger partial charge in [-0.25, -0.2) is 0 Å². The molecule has 0 aliphatic heterocycles. The second-order valence-corrected chi connectivity index (χ2v) is 16.5. The Hall–Kier alpha value is -1.74. The van der Waals surface area contributed by atoms with Crippen LogP contribution in [0.3, 0.4) is 0 Å². The van der Waals surface area contributed by atoms with Gasteiger partial charge in [-0.1, -0.05) is 138 Å². The Morgan fingerprint density at radius 1 is 0.457 bits per heavy atom. The molecule has 0 amide bonds. The predicted octanol–water partition coefficient (Wildman–Crippen LogP) is 14.1. The van der Waals surface area contributed by atoms with E-state index in [1.165, 1.54) is 183 Å². The third-order valence-corrected chi connectivity index (χ3v) is 12.8. The molecule has 0 spiro atoms.